The standard InChI is InChI=1S/C20H29N3O/c1-22(16-17-8-3-2-4-9-17)20(24)21-13-7-14-23-15-12-18-10-5-6-11-19(18)23/h5-6,10-12,15,17H,2-4,7-9,13-14,16H2,1H3,(H,21,24). The van der Waals surface area contributed by atoms with Crippen LogP contribution in [0.3, 0.4) is 0 Å². The summed E-state index contributed by atoms with van der Waals surface area (Å²) >= 11 is 0. The topological polar surface area (TPSA) is 37.3 Å². The number of hydrogen-bond acceptors (Lipinski definition) is 1. The minimum Gasteiger partial charge on any atom is -0.347 e. The van der Waals surface area contributed by atoms with Crippen LogP contribution in [0, 0.1) is 5.92 Å². The lowest BCUT2D eigenvalue weighted by Gasteiger charge is -2.27. The first-order chi connectivity index (χ1) is 11.7. The fourth-order valence-corrected chi connectivity index (χ4v) is 3.76. The molecule has 0 saturated heterocycles. The van der Waals surface area contributed by atoms with E-state index >= 15 is 0 Å². The van der Waals surface area contributed by atoms with Crippen LogP contribution in [-0.4, -0.2) is 35.6 Å². The molecule has 4 nitrogen and oxygen atoms in total. The number of urea groups is 1. The number of nitrogens with one attached hydrogen (secondary N) is 1. The highest BCUT2D eigenvalue weighted by atomic mass is 16.2. The van der Waals surface area contributed by atoms with Crippen LogP contribution in [0.25, 0.3) is 10.9 Å². The van der Waals surface area contributed by atoms with Gasteiger partial charge in [-0.15, -0.1) is 0 Å². The first-order valence-electron chi connectivity index (χ1n) is 9.27. The molecule has 0 unspecified atom stereocenters. The van der Waals surface area contributed by atoms with Crippen molar-refractivity contribution in [1.29, 1.82) is 0 Å². The number of fused-ring (bicyclic) bond motifs is 1. The lowest BCUT2D eigenvalue weighted by atomic mass is 9.89. The summed E-state index contributed by atoms with van der Waals surface area (Å²) in [6, 6.07) is 10.6. The van der Waals surface area contributed by atoms with Gasteiger partial charge in [0, 0.05) is 38.4 Å². The van der Waals surface area contributed by atoms with Crippen molar-refractivity contribution in [1.82, 2.24) is 14.8 Å². The fourth-order valence-electron chi connectivity index (χ4n) is 3.76. The molecular weight excluding hydrogens is 298 g/mol. The average molecular weight is 327 g/mol. The Bertz CT molecular complexity index is 658. The molecule has 1 aromatic carbocycles. The zero-order valence-electron chi connectivity index (χ0n) is 14.7. The largest absolute Gasteiger partial charge is 0.347 e. The van der Waals surface area contributed by atoms with E-state index in [-0.39, 0.29) is 6.03 Å². The number of hydrogen-bond donors (Lipinski definition) is 1. The van der Waals surface area contributed by atoms with Crippen molar-refractivity contribution in [2.45, 2.75) is 45.1 Å². The highest BCUT2D eigenvalue weighted by Crippen LogP contribution is 2.24. The van der Waals surface area contributed by atoms with Gasteiger partial charge in [-0.1, -0.05) is 37.5 Å². The third-order valence-corrected chi connectivity index (χ3v) is 5.14. The Hall–Kier alpha value is -1.97. The van der Waals surface area contributed by atoms with Gasteiger partial charge in [0.05, 0.1) is 0 Å². The van der Waals surface area contributed by atoms with Crippen LogP contribution in [0.15, 0.2) is 36.5 Å². The molecule has 2 amide bonds. The van der Waals surface area contributed by atoms with Gasteiger partial charge in [0.25, 0.3) is 0 Å². The monoisotopic (exact) mass is 327 g/mol. The molecule has 1 N–H and O–H groups in total. The van der Waals surface area contributed by atoms with E-state index in [1.54, 1.807) is 0 Å². The summed E-state index contributed by atoms with van der Waals surface area (Å²) in [5.74, 6) is 0.695. The molecular formula is C20H29N3O. The predicted molar refractivity (Wildman–Crippen MR) is 99.2 cm³/mol. The molecule has 0 radical (unpaired) electrons. The Morgan fingerprint density at radius 1 is 1.21 bits per heavy atom. The number of aromatic nitrogens is 1. The van der Waals surface area contributed by atoms with Crippen molar-refractivity contribution in [3.05, 3.63) is 36.5 Å². The maximum absolute atomic E-state index is 12.2. The number of nitrogens with zero attached hydrogens (tertiary/aromatic N) is 2. The summed E-state index contributed by atoms with van der Waals surface area (Å²) in [6.07, 6.45) is 9.64. The lowest BCUT2D eigenvalue weighted by molar-refractivity contribution is 0.192. The van der Waals surface area contributed by atoms with Crippen molar-refractivity contribution in [3.8, 4) is 0 Å². The molecule has 3 rings (SSSR count). The van der Waals surface area contributed by atoms with Crippen molar-refractivity contribution < 1.29 is 4.79 Å². The molecule has 130 valence electrons. The summed E-state index contributed by atoms with van der Waals surface area (Å²) in [7, 11) is 1.92. The Morgan fingerprint density at radius 3 is 2.83 bits per heavy atom. The Kier molecular flexibility index (Phi) is 5.78. The van der Waals surface area contributed by atoms with Gasteiger partial charge in [0.2, 0.25) is 0 Å². The third-order valence-electron chi connectivity index (χ3n) is 5.14. The molecule has 1 fully saturated rings. The van der Waals surface area contributed by atoms with Gasteiger partial charge in [-0.25, -0.2) is 4.79 Å². The van der Waals surface area contributed by atoms with Crippen molar-refractivity contribution in [2.24, 2.45) is 5.92 Å². The van der Waals surface area contributed by atoms with Crippen LogP contribution in [0.5, 0.6) is 0 Å². The molecule has 2 aromatic rings. The van der Waals surface area contributed by atoms with Crippen LogP contribution in [0.4, 0.5) is 4.79 Å². The van der Waals surface area contributed by atoms with Gasteiger partial charge >= 0.3 is 6.03 Å². The summed E-state index contributed by atoms with van der Waals surface area (Å²) in [5, 5.41) is 4.33. The second-order valence-electron chi connectivity index (χ2n) is 7.04. The maximum Gasteiger partial charge on any atom is 0.317 e. The van der Waals surface area contributed by atoms with E-state index in [0.717, 1.165) is 26.1 Å². The quantitative estimate of drug-likeness (QED) is 0.791. The van der Waals surface area contributed by atoms with E-state index in [9.17, 15) is 4.79 Å². The predicted octanol–water partition coefficient (Wildman–Crippen LogP) is 4.25. The number of rotatable bonds is 6. The third kappa shape index (κ3) is 4.31. The fraction of sp³-hybridized carbons (Fsp3) is 0.550. The van der Waals surface area contributed by atoms with E-state index < -0.39 is 0 Å². The minimum absolute atomic E-state index is 0.0675. The second kappa shape index (κ2) is 8.22. The van der Waals surface area contributed by atoms with Gasteiger partial charge in [-0.3, -0.25) is 0 Å². The first-order valence-corrected chi connectivity index (χ1v) is 9.27. The van der Waals surface area contributed by atoms with Crippen molar-refractivity contribution >= 4 is 16.9 Å². The molecule has 1 aliphatic carbocycles. The molecule has 1 aliphatic rings. The Morgan fingerprint density at radius 2 is 2.00 bits per heavy atom. The van der Waals surface area contributed by atoms with Crippen LogP contribution < -0.4 is 5.32 Å². The molecule has 24 heavy (non-hydrogen) atoms. The van der Waals surface area contributed by atoms with Gasteiger partial charge in [-0.2, -0.15) is 0 Å². The van der Waals surface area contributed by atoms with Crippen LogP contribution in [0.2, 0.25) is 0 Å². The zero-order valence-corrected chi connectivity index (χ0v) is 14.7. The Labute approximate surface area is 144 Å². The normalized spacial score (nSPS) is 15.5. The lowest BCUT2D eigenvalue weighted by Crippen LogP contribution is -2.40. The van der Waals surface area contributed by atoms with E-state index in [0.29, 0.717) is 5.92 Å². The van der Waals surface area contributed by atoms with Crippen molar-refractivity contribution in [2.75, 3.05) is 20.1 Å². The molecule has 1 heterocycles. The van der Waals surface area contributed by atoms with Gasteiger partial charge < -0.3 is 14.8 Å². The van der Waals surface area contributed by atoms with Crippen molar-refractivity contribution in [3.63, 3.8) is 0 Å². The molecule has 0 spiro atoms. The van der Waals surface area contributed by atoms with Gasteiger partial charge in [-0.05, 0) is 42.7 Å². The molecule has 1 saturated carbocycles. The van der Waals surface area contributed by atoms with Crippen LogP contribution >= 0.6 is 0 Å². The smallest absolute Gasteiger partial charge is 0.317 e. The number of benzene rings is 1. The summed E-state index contributed by atoms with van der Waals surface area (Å²) in [6.45, 7) is 2.55. The summed E-state index contributed by atoms with van der Waals surface area (Å²) in [4.78, 5) is 14.1. The number of carbonyl (C=O) groups is 1. The zero-order chi connectivity index (χ0) is 16.8. The highest BCUT2D eigenvalue weighted by molar-refractivity contribution is 5.79. The van der Waals surface area contributed by atoms with E-state index in [2.05, 4.69) is 46.4 Å². The van der Waals surface area contributed by atoms with Gasteiger partial charge in [0.1, 0.15) is 0 Å². The maximum atomic E-state index is 12.2. The number of para-hydroxylation sites is 1. The number of amides is 2. The van der Waals surface area contributed by atoms with E-state index in [1.165, 1.54) is 43.0 Å². The SMILES string of the molecule is CN(CC1CCCCC1)C(=O)NCCCn1ccc2ccccc21. The summed E-state index contributed by atoms with van der Waals surface area (Å²) < 4.78 is 2.26. The minimum atomic E-state index is 0.0675. The molecule has 0 aliphatic heterocycles. The second-order valence-corrected chi connectivity index (χ2v) is 7.04. The molecule has 0 bridgehead atoms. The van der Waals surface area contributed by atoms with Crippen LogP contribution in [-0.2, 0) is 6.54 Å². The molecule has 1 aromatic heterocycles. The summed E-state index contributed by atoms with van der Waals surface area (Å²) in [5.41, 5.74) is 1.26. The van der Waals surface area contributed by atoms with Gasteiger partial charge in [0.15, 0.2) is 0 Å². The average Bonchev–Trinajstić information content (AvgIpc) is 3.02. The number of carbonyl (C=O) groups excluding carboxylic acids is 1. The number of aryl methyl sites for hydroxylation is 1. The highest BCUT2D eigenvalue weighted by Gasteiger charge is 2.17. The van der Waals surface area contributed by atoms with E-state index in [1.807, 2.05) is 11.9 Å². The molecule has 4 heteroatoms. The Balaban J connectivity index is 1.38. The first kappa shape index (κ1) is 16.9. The van der Waals surface area contributed by atoms with Crippen LogP contribution in [0.1, 0.15) is 38.5 Å². The van der Waals surface area contributed by atoms with E-state index in [4.69, 9.17) is 0 Å². The molecule has 0 atom stereocenters.